The molecule has 0 N–H and O–H groups in total. The van der Waals surface area contributed by atoms with Crippen LogP contribution in [-0.4, -0.2) is 36.4 Å². The number of esters is 3. The number of carbonyl (C=O) groups excluding carboxylic acids is 4. The molecule has 2 aliphatic carbocycles. The fourth-order valence-electron chi connectivity index (χ4n) is 7.33. The molecule has 2 aromatic rings. The molecule has 38 heavy (non-hydrogen) atoms. The smallest absolute Gasteiger partial charge is 0.310 e. The van der Waals surface area contributed by atoms with Crippen LogP contribution in [0.4, 0.5) is 0 Å². The summed E-state index contributed by atoms with van der Waals surface area (Å²) >= 11 is 0. The lowest BCUT2D eigenvalue weighted by Gasteiger charge is -2.61. The molecule has 0 bridgehead atoms. The third kappa shape index (κ3) is 4.65. The van der Waals surface area contributed by atoms with Crippen LogP contribution >= 0.6 is 0 Å². The highest BCUT2D eigenvalue weighted by atomic mass is 16.6. The van der Waals surface area contributed by atoms with Crippen LogP contribution in [0.15, 0.2) is 53.3 Å². The summed E-state index contributed by atoms with van der Waals surface area (Å²) in [5.41, 5.74) is 0.325. The van der Waals surface area contributed by atoms with Crippen molar-refractivity contribution in [3.8, 4) is 0 Å². The van der Waals surface area contributed by atoms with Crippen molar-refractivity contribution in [3.05, 3.63) is 60.1 Å². The number of Topliss-reactive ketones (excluding diaryl/α,β-unsaturated/α-hetero) is 1. The highest BCUT2D eigenvalue weighted by Crippen LogP contribution is 2.65. The SMILES string of the molecule is CC(=O)O[C@H]1C[C@@H](COC(=O)Cc2ccccc2)[C@]2(C)CC[C@H]3C(=O)O[C@H](c4ccoc4)C[C@]3(C)[C@H]2C1=O. The van der Waals surface area contributed by atoms with E-state index in [0.717, 1.165) is 11.1 Å². The van der Waals surface area contributed by atoms with Gasteiger partial charge in [0.1, 0.15) is 6.10 Å². The largest absolute Gasteiger partial charge is 0.472 e. The topological polar surface area (TPSA) is 109 Å². The van der Waals surface area contributed by atoms with Gasteiger partial charge in [-0.3, -0.25) is 19.2 Å². The summed E-state index contributed by atoms with van der Waals surface area (Å²) < 4.78 is 22.3. The van der Waals surface area contributed by atoms with E-state index in [1.54, 1.807) is 12.3 Å². The van der Waals surface area contributed by atoms with Gasteiger partial charge in [-0.25, -0.2) is 0 Å². The molecule has 3 fully saturated rings. The van der Waals surface area contributed by atoms with E-state index < -0.39 is 40.8 Å². The Labute approximate surface area is 222 Å². The lowest BCUT2D eigenvalue weighted by Crippen LogP contribution is -2.64. The second kappa shape index (κ2) is 10.0. The predicted octanol–water partition coefficient (Wildman–Crippen LogP) is 4.61. The minimum Gasteiger partial charge on any atom is -0.472 e. The van der Waals surface area contributed by atoms with Crippen molar-refractivity contribution in [2.24, 2.45) is 28.6 Å². The highest BCUT2D eigenvalue weighted by molar-refractivity contribution is 5.91. The third-order valence-corrected chi connectivity index (χ3v) is 9.15. The minimum absolute atomic E-state index is 0.111. The summed E-state index contributed by atoms with van der Waals surface area (Å²) in [5.74, 6) is -2.63. The highest BCUT2D eigenvalue weighted by Gasteiger charge is 2.66. The van der Waals surface area contributed by atoms with Gasteiger partial charge in [-0.2, -0.15) is 0 Å². The summed E-state index contributed by atoms with van der Waals surface area (Å²) in [5, 5.41) is 0. The zero-order valence-corrected chi connectivity index (χ0v) is 22.0. The molecule has 8 nitrogen and oxygen atoms in total. The van der Waals surface area contributed by atoms with E-state index in [0.29, 0.717) is 19.3 Å². The first-order valence-electron chi connectivity index (χ1n) is 13.2. The molecule has 0 spiro atoms. The van der Waals surface area contributed by atoms with Gasteiger partial charge >= 0.3 is 17.9 Å². The molecule has 1 aromatic carbocycles. The standard InChI is InChI=1S/C30H34O8/c1-18(31)37-23-14-21(17-36-25(32)13-19-7-5-4-6-8-19)29(2)11-9-22-28(34)38-24(20-10-12-35-16-20)15-30(22,3)27(29)26(23)33/h4-8,10,12,16,21-24,27H,9,11,13-15,17H2,1-3H3/t21-,22-,23-,24-,27-,29-,30-/m0/s1. The van der Waals surface area contributed by atoms with Gasteiger partial charge in [0.15, 0.2) is 11.9 Å². The molecule has 8 heteroatoms. The number of furan rings is 1. The number of rotatable bonds is 6. The van der Waals surface area contributed by atoms with Crippen molar-refractivity contribution in [1.82, 2.24) is 0 Å². The molecule has 0 radical (unpaired) electrons. The van der Waals surface area contributed by atoms with Crippen LogP contribution < -0.4 is 0 Å². The van der Waals surface area contributed by atoms with Crippen molar-refractivity contribution >= 4 is 23.7 Å². The molecule has 0 amide bonds. The second-order valence-electron chi connectivity index (χ2n) is 11.5. The van der Waals surface area contributed by atoms with E-state index in [9.17, 15) is 19.2 Å². The van der Waals surface area contributed by atoms with Crippen molar-refractivity contribution in [1.29, 1.82) is 0 Å². The molecule has 2 saturated carbocycles. The summed E-state index contributed by atoms with van der Waals surface area (Å²) in [7, 11) is 0. The summed E-state index contributed by atoms with van der Waals surface area (Å²) in [4.78, 5) is 51.9. The molecule has 5 rings (SSSR count). The van der Waals surface area contributed by atoms with Crippen LogP contribution in [0, 0.1) is 28.6 Å². The number of carbonyl (C=O) groups is 4. The van der Waals surface area contributed by atoms with E-state index in [2.05, 4.69) is 6.92 Å². The number of benzene rings is 1. The lowest BCUT2D eigenvalue weighted by atomic mass is 9.43. The maximum atomic E-state index is 14.0. The van der Waals surface area contributed by atoms with E-state index in [4.69, 9.17) is 18.6 Å². The van der Waals surface area contributed by atoms with Crippen LogP contribution in [0.5, 0.6) is 0 Å². The molecular weight excluding hydrogens is 488 g/mol. The summed E-state index contributed by atoms with van der Waals surface area (Å²) in [6, 6.07) is 11.1. The molecule has 0 unspecified atom stereocenters. The zero-order valence-electron chi connectivity index (χ0n) is 22.0. The Bertz CT molecular complexity index is 1200. The lowest BCUT2D eigenvalue weighted by molar-refractivity contribution is -0.210. The quantitative estimate of drug-likeness (QED) is 0.400. The Morgan fingerprint density at radius 1 is 1.08 bits per heavy atom. The fraction of sp³-hybridized carbons (Fsp3) is 0.533. The Kier molecular flexibility index (Phi) is 6.92. The second-order valence-corrected chi connectivity index (χ2v) is 11.5. The normalized spacial score (nSPS) is 34.4. The van der Waals surface area contributed by atoms with Gasteiger partial charge < -0.3 is 18.6 Å². The van der Waals surface area contributed by atoms with Crippen LogP contribution in [0.25, 0.3) is 0 Å². The van der Waals surface area contributed by atoms with E-state index in [1.165, 1.54) is 13.2 Å². The van der Waals surface area contributed by atoms with Gasteiger partial charge in [0.2, 0.25) is 0 Å². The number of hydrogen-bond acceptors (Lipinski definition) is 8. The van der Waals surface area contributed by atoms with E-state index in [-0.39, 0.29) is 43.1 Å². The molecule has 1 aliphatic heterocycles. The Balaban J connectivity index is 1.44. The summed E-state index contributed by atoms with van der Waals surface area (Å²) in [6.45, 7) is 5.44. The molecule has 7 atom stereocenters. The third-order valence-electron chi connectivity index (χ3n) is 9.15. The Morgan fingerprint density at radius 3 is 2.53 bits per heavy atom. The van der Waals surface area contributed by atoms with E-state index in [1.807, 2.05) is 37.3 Å². The zero-order chi connectivity index (χ0) is 27.1. The number of hydrogen-bond donors (Lipinski definition) is 0. The monoisotopic (exact) mass is 522 g/mol. The summed E-state index contributed by atoms with van der Waals surface area (Å²) in [6.07, 6.45) is 3.65. The van der Waals surface area contributed by atoms with Gasteiger partial charge in [-0.1, -0.05) is 44.2 Å². The van der Waals surface area contributed by atoms with Crippen LogP contribution in [0.2, 0.25) is 0 Å². The van der Waals surface area contributed by atoms with Gasteiger partial charge in [0.25, 0.3) is 0 Å². The van der Waals surface area contributed by atoms with Crippen LogP contribution in [0.1, 0.15) is 63.7 Å². The van der Waals surface area contributed by atoms with Crippen molar-refractivity contribution in [3.63, 3.8) is 0 Å². The van der Waals surface area contributed by atoms with E-state index >= 15 is 0 Å². The minimum atomic E-state index is -0.954. The first kappa shape index (κ1) is 26.2. The van der Waals surface area contributed by atoms with Gasteiger partial charge in [-0.05, 0) is 48.1 Å². The first-order valence-corrected chi connectivity index (χ1v) is 13.2. The number of ether oxygens (including phenoxy) is 3. The number of ketones is 1. The van der Waals surface area contributed by atoms with Gasteiger partial charge in [0.05, 0.1) is 31.5 Å². The van der Waals surface area contributed by atoms with Crippen molar-refractivity contribution in [2.45, 2.75) is 65.1 Å². The average Bonchev–Trinajstić information content (AvgIpc) is 3.40. The predicted molar refractivity (Wildman–Crippen MR) is 134 cm³/mol. The maximum Gasteiger partial charge on any atom is 0.310 e. The molecule has 3 aliphatic rings. The maximum absolute atomic E-state index is 14.0. The molecule has 202 valence electrons. The van der Waals surface area contributed by atoms with Gasteiger partial charge in [0, 0.05) is 24.3 Å². The Morgan fingerprint density at radius 2 is 1.84 bits per heavy atom. The number of fused-ring (bicyclic) bond motifs is 3. The average molecular weight is 523 g/mol. The molecule has 2 heterocycles. The number of cyclic esters (lactones) is 1. The Hall–Kier alpha value is -3.42. The van der Waals surface area contributed by atoms with Crippen molar-refractivity contribution in [2.75, 3.05) is 6.61 Å². The van der Waals surface area contributed by atoms with Gasteiger partial charge in [-0.15, -0.1) is 0 Å². The molecule has 1 aromatic heterocycles. The fourth-order valence-corrected chi connectivity index (χ4v) is 7.33. The first-order chi connectivity index (χ1) is 18.1. The van der Waals surface area contributed by atoms with Crippen LogP contribution in [-0.2, 0) is 39.8 Å². The molecular formula is C30H34O8. The molecule has 1 saturated heterocycles. The van der Waals surface area contributed by atoms with Crippen molar-refractivity contribution < 1.29 is 37.8 Å². The van der Waals surface area contributed by atoms with Crippen LogP contribution in [0.3, 0.4) is 0 Å².